The first-order valence-electron chi connectivity index (χ1n) is 12.3. The first kappa shape index (κ1) is 22.3. The fraction of sp³-hybridized carbons (Fsp3) is 0.920. The van der Waals surface area contributed by atoms with E-state index >= 15 is 0 Å². The maximum atomic E-state index is 12.7. The number of aliphatic hydroxyl groups is 1. The Balaban J connectivity index is 1.56. The molecule has 5 nitrogen and oxygen atoms in total. The van der Waals surface area contributed by atoms with E-state index in [0.29, 0.717) is 36.1 Å². The van der Waals surface area contributed by atoms with Gasteiger partial charge in [-0.2, -0.15) is 0 Å². The van der Waals surface area contributed by atoms with Gasteiger partial charge < -0.3 is 14.8 Å². The second kappa shape index (κ2) is 8.20. The van der Waals surface area contributed by atoms with Gasteiger partial charge in [0, 0.05) is 24.3 Å². The summed E-state index contributed by atoms with van der Waals surface area (Å²) in [6.07, 6.45) is 7.60. The van der Waals surface area contributed by atoms with Gasteiger partial charge in [0.2, 0.25) is 0 Å². The molecule has 0 aromatic heterocycles. The highest BCUT2D eigenvalue weighted by atomic mass is 16.6. The van der Waals surface area contributed by atoms with E-state index in [1.165, 1.54) is 0 Å². The normalized spacial score (nSPS) is 47.2. The Morgan fingerprint density at radius 3 is 2.63 bits per heavy atom. The zero-order chi connectivity index (χ0) is 21.7. The number of rotatable bonds is 5. The summed E-state index contributed by atoms with van der Waals surface area (Å²) in [5, 5.41) is 16.0. The van der Waals surface area contributed by atoms with Gasteiger partial charge in [0.15, 0.2) is 0 Å². The van der Waals surface area contributed by atoms with Crippen molar-refractivity contribution in [2.24, 2.45) is 45.6 Å². The quantitative estimate of drug-likeness (QED) is 0.538. The highest BCUT2D eigenvalue weighted by Gasteiger charge is 2.63. The molecule has 4 rings (SSSR count). The molecule has 0 saturated heterocycles. The van der Waals surface area contributed by atoms with Gasteiger partial charge in [-0.05, 0) is 88.1 Å². The largest absolute Gasteiger partial charge is 0.394 e. The predicted molar refractivity (Wildman–Crippen MR) is 119 cm³/mol. The van der Waals surface area contributed by atoms with Crippen molar-refractivity contribution in [2.45, 2.75) is 78.2 Å². The number of carbonyl (C=O) groups is 1. The van der Waals surface area contributed by atoms with Gasteiger partial charge in [0.25, 0.3) is 0 Å². The number of carbonyl (C=O) groups excluding carboxylic acids is 1. The summed E-state index contributed by atoms with van der Waals surface area (Å²) in [6, 6.07) is 0. The minimum Gasteiger partial charge on any atom is -0.394 e. The van der Waals surface area contributed by atoms with E-state index in [0.717, 1.165) is 63.6 Å². The average molecular weight is 419 g/mol. The summed E-state index contributed by atoms with van der Waals surface area (Å²) in [4.78, 5) is 20.4. The lowest BCUT2D eigenvalue weighted by Crippen LogP contribution is -2.60. The van der Waals surface area contributed by atoms with E-state index in [-0.39, 0.29) is 22.9 Å². The van der Waals surface area contributed by atoms with Crippen molar-refractivity contribution in [3.63, 3.8) is 0 Å². The maximum absolute atomic E-state index is 12.7. The highest BCUT2D eigenvalue weighted by Crippen LogP contribution is 2.66. The number of aliphatic hydroxyl groups excluding tert-OH is 1. The Kier molecular flexibility index (Phi) is 6.08. The third-order valence-electron chi connectivity index (χ3n) is 9.72. The molecule has 0 radical (unpaired) electrons. The van der Waals surface area contributed by atoms with Crippen LogP contribution in [-0.2, 0) is 9.63 Å². The molecular weight excluding hydrogens is 376 g/mol. The standard InChI is InChI=1S/C25H42N2O3/c1-6-16-20(26-30-14-13-27(4)5)10-12-25(3)19-9-11-24(2)18(7-8-22(24)29)17(19)15-21(28)23(16)25/h16-19,21,23,28H,6-15H2,1-5H3/b26-20+/t16-,17-,18-,19-,21+,23?,24-,25+/m0/s1. The Bertz CT molecular complexity index is 692. The molecular formula is C25H42N2O3. The third kappa shape index (κ3) is 3.44. The van der Waals surface area contributed by atoms with Crippen molar-refractivity contribution in [1.29, 1.82) is 0 Å². The van der Waals surface area contributed by atoms with E-state index in [2.05, 4.69) is 30.8 Å². The molecule has 0 aliphatic heterocycles. The van der Waals surface area contributed by atoms with Gasteiger partial charge in [-0.15, -0.1) is 0 Å². The Morgan fingerprint density at radius 1 is 1.17 bits per heavy atom. The van der Waals surface area contributed by atoms with Crippen LogP contribution in [0.15, 0.2) is 5.16 Å². The van der Waals surface area contributed by atoms with E-state index in [4.69, 9.17) is 4.84 Å². The fourth-order valence-electron chi connectivity index (χ4n) is 8.14. The first-order chi connectivity index (χ1) is 14.2. The second-order valence-electron chi connectivity index (χ2n) is 11.4. The third-order valence-corrected chi connectivity index (χ3v) is 9.72. The van der Waals surface area contributed by atoms with Gasteiger partial charge in [0.1, 0.15) is 12.4 Å². The van der Waals surface area contributed by atoms with Crippen molar-refractivity contribution in [2.75, 3.05) is 27.2 Å². The molecule has 4 aliphatic rings. The first-order valence-corrected chi connectivity index (χ1v) is 12.3. The molecule has 0 bridgehead atoms. The van der Waals surface area contributed by atoms with E-state index < -0.39 is 0 Å². The molecule has 4 saturated carbocycles. The van der Waals surface area contributed by atoms with Crippen molar-refractivity contribution in [3.8, 4) is 0 Å². The van der Waals surface area contributed by atoms with Crippen LogP contribution >= 0.6 is 0 Å². The van der Waals surface area contributed by atoms with Gasteiger partial charge >= 0.3 is 0 Å². The molecule has 0 heterocycles. The van der Waals surface area contributed by atoms with Crippen molar-refractivity contribution in [3.05, 3.63) is 0 Å². The minimum atomic E-state index is -0.300. The molecule has 0 aromatic rings. The summed E-state index contributed by atoms with van der Waals surface area (Å²) in [5.74, 6) is 2.64. The average Bonchev–Trinajstić information content (AvgIpc) is 3.00. The molecule has 4 fully saturated rings. The smallest absolute Gasteiger partial charge is 0.139 e. The van der Waals surface area contributed by atoms with Gasteiger partial charge in [-0.1, -0.05) is 25.9 Å². The molecule has 0 spiro atoms. The van der Waals surface area contributed by atoms with Crippen molar-refractivity contribution in [1.82, 2.24) is 4.90 Å². The molecule has 5 heteroatoms. The SMILES string of the molecule is CC[C@H]1/C(=N/OCCN(C)C)CC[C@@]2(C)C1[C@H](O)C[C@@H]1[C@@H]2CC[C@]2(C)C(=O)CC[C@@H]12. The number of ketones is 1. The molecule has 170 valence electrons. The number of likely N-dealkylation sites (N-methyl/N-ethyl adjacent to an activating group) is 1. The van der Waals surface area contributed by atoms with Crippen LogP contribution in [0.4, 0.5) is 0 Å². The molecule has 0 aromatic carbocycles. The van der Waals surface area contributed by atoms with Crippen LogP contribution in [0.3, 0.4) is 0 Å². The number of Topliss-reactive ketones (excluding diaryl/α,β-unsaturated/α-hetero) is 1. The zero-order valence-electron chi connectivity index (χ0n) is 19.7. The summed E-state index contributed by atoms with van der Waals surface area (Å²) < 4.78 is 0. The lowest BCUT2D eigenvalue weighted by Gasteiger charge is -2.62. The molecule has 30 heavy (non-hydrogen) atoms. The highest BCUT2D eigenvalue weighted by molar-refractivity contribution is 5.88. The number of nitrogens with zero attached hydrogens (tertiary/aromatic N) is 2. The Hall–Kier alpha value is -0.940. The van der Waals surface area contributed by atoms with Crippen LogP contribution in [0, 0.1) is 40.4 Å². The molecule has 4 aliphatic carbocycles. The van der Waals surface area contributed by atoms with Gasteiger partial charge in [-0.3, -0.25) is 4.79 Å². The van der Waals surface area contributed by atoms with Crippen molar-refractivity contribution < 1.29 is 14.7 Å². The maximum Gasteiger partial charge on any atom is 0.139 e. The van der Waals surface area contributed by atoms with Crippen LogP contribution in [-0.4, -0.2) is 54.9 Å². The van der Waals surface area contributed by atoms with Crippen LogP contribution in [0.2, 0.25) is 0 Å². The Labute approximate surface area is 182 Å². The molecule has 1 N–H and O–H groups in total. The van der Waals surface area contributed by atoms with Gasteiger partial charge in [0.05, 0.1) is 11.8 Å². The summed E-state index contributed by atoms with van der Waals surface area (Å²) >= 11 is 0. The molecule has 8 atom stereocenters. The lowest BCUT2D eigenvalue weighted by atomic mass is 9.43. The topological polar surface area (TPSA) is 62.1 Å². The monoisotopic (exact) mass is 418 g/mol. The number of oxime groups is 1. The number of hydrogen-bond acceptors (Lipinski definition) is 5. The number of fused-ring (bicyclic) bond motifs is 5. The van der Waals surface area contributed by atoms with E-state index in [1.807, 2.05) is 14.1 Å². The minimum absolute atomic E-state index is 0.129. The molecule has 0 amide bonds. The molecule has 1 unspecified atom stereocenters. The Morgan fingerprint density at radius 2 is 1.93 bits per heavy atom. The fourth-order valence-corrected chi connectivity index (χ4v) is 8.14. The number of hydrogen-bond donors (Lipinski definition) is 1. The van der Waals surface area contributed by atoms with E-state index in [1.54, 1.807) is 0 Å². The van der Waals surface area contributed by atoms with Gasteiger partial charge in [-0.25, -0.2) is 0 Å². The van der Waals surface area contributed by atoms with E-state index in [9.17, 15) is 9.90 Å². The zero-order valence-corrected chi connectivity index (χ0v) is 19.7. The lowest BCUT2D eigenvalue weighted by molar-refractivity contribution is -0.161. The summed E-state index contributed by atoms with van der Waals surface area (Å²) in [5.41, 5.74) is 1.17. The van der Waals surface area contributed by atoms with Crippen LogP contribution < -0.4 is 0 Å². The second-order valence-corrected chi connectivity index (χ2v) is 11.4. The van der Waals surface area contributed by atoms with Crippen LogP contribution in [0.5, 0.6) is 0 Å². The summed E-state index contributed by atoms with van der Waals surface area (Å²) in [7, 11) is 4.08. The van der Waals surface area contributed by atoms with Crippen LogP contribution in [0.1, 0.15) is 72.1 Å². The van der Waals surface area contributed by atoms with Crippen molar-refractivity contribution >= 4 is 11.5 Å². The van der Waals surface area contributed by atoms with Crippen LogP contribution in [0.25, 0.3) is 0 Å². The summed E-state index contributed by atoms with van der Waals surface area (Å²) in [6.45, 7) is 8.37. The predicted octanol–water partition coefficient (Wildman–Crippen LogP) is 4.14.